The summed E-state index contributed by atoms with van der Waals surface area (Å²) >= 11 is 3.10. The van der Waals surface area contributed by atoms with Crippen LogP contribution in [0.2, 0.25) is 0 Å². The van der Waals surface area contributed by atoms with Crippen LogP contribution in [-0.4, -0.2) is 43.4 Å². The van der Waals surface area contributed by atoms with Crippen LogP contribution in [0.25, 0.3) is 0 Å². The lowest BCUT2D eigenvalue weighted by atomic mass is 10.3. The second kappa shape index (κ2) is 6.07. The first-order valence-electron chi connectivity index (χ1n) is 5.81. The van der Waals surface area contributed by atoms with Crippen LogP contribution >= 0.6 is 15.9 Å². The molecule has 0 aliphatic carbocycles. The number of nitrogens with zero attached hydrogens (tertiary/aromatic N) is 3. The number of nitro benzene ring substituents is 1. The van der Waals surface area contributed by atoms with Crippen molar-refractivity contribution in [1.82, 2.24) is 4.31 Å². The Morgan fingerprint density at radius 1 is 1.52 bits per heavy atom. The van der Waals surface area contributed by atoms with Crippen LogP contribution in [0.5, 0.6) is 0 Å². The molecule has 2 rings (SSSR count). The summed E-state index contributed by atoms with van der Waals surface area (Å²) in [6.07, 6.45) is -0.875. The maximum atomic E-state index is 12.6. The third kappa shape index (κ3) is 3.21. The van der Waals surface area contributed by atoms with Crippen LogP contribution in [0, 0.1) is 21.4 Å². The van der Waals surface area contributed by atoms with Gasteiger partial charge in [-0.15, -0.1) is 0 Å². The molecule has 0 N–H and O–H groups in total. The van der Waals surface area contributed by atoms with Gasteiger partial charge in [0.05, 0.1) is 24.1 Å². The molecule has 1 fully saturated rings. The predicted octanol–water partition coefficient (Wildman–Crippen LogP) is 1.27. The number of nitro groups is 1. The van der Waals surface area contributed by atoms with Crippen LogP contribution in [0.15, 0.2) is 27.6 Å². The molecular formula is C11H10BrN3O5S. The maximum Gasteiger partial charge on any atom is 0.289 e. The molecule has 0 bridgehead atoms. The Hall–Kier alpha value is -1.54. The van der Waals surface area contributed by atoms with Crippen molar-refractivity contribution in [1.29, 1.82) is 5.26 Å². The molecule has 1 unspecified atom stereocenters. The summed E-state index contributed by atoms with van der Waals surface area (Å²) in [4.78, 5) is 9.86. The highest BCUT2D eigenvalue weighted by Gasteiger charge is 2.35. The summed E-state index contributed by atoms with van der Waals surface area (Å²) in [6, 6.07) is 5.54. The van der Waals surface area contributed by atoms with Gasteiger partial charge in [-0.3, -0.25) is 10.1 Å². The van der Waals surface area contributed by atoms with Crippen molar-refractivity contribution >= 4 is 31.6 Å². The zero-order chi connectivity index (χ0) is 15.6. The molecular weight excluding hydrogens is 366 g/mol. The molecule has 8 nitrogen and oxygen atoms in total. The molecule has 1 aliphatic heterocycles. The van der Waals surface area contributed by atoms with E-state index in [0.717, 1.165) is 10.4 Å². The number of halogens is 1. The van der Waals surface area contributed by atoms with Gasteiger partial charge in [-0.25, -0.2) is 8.42 Å². The number of hydrogen-bond donors (Lipinski definition) is 0. The minimum absolute atomic E-state index is 0.0458. The average Bonchev–Trinajstić information content (AvgIpc) is 2.46. The number of benzene rings is 1. The number of sulfonamides is 1. The number of rotatable bonds is 3. The fraction of sp³-hybridized carbons (Fsp3) is 0.364. The highest BCUT2D eigenvalue weighted by Crippen LogP contribution is 2.30. The zero-order valence-corrected chi connectivity index (χ0v) is 13.0. The third-order valence-electron chi connectivity index (χ3n) is 2.91. The molecule has 1 atom stereocenters. The summed E-state index contributed by atoms with van der Waals surface area (Å²) in [5, 5.41) is 19.8. The van der Waals surface area contributed by atoms with Gasteiger partial charge >= 0.3 is 0 Å². The van der Waals surface area contributed by atoms with Crippen molar-refractivity contribution in [2.45, 2.75) is 11.0 Å². The number of ether oxygens (including phenoxy) is 1. The highest BCUT2D eigenvalue weighted by molar-refractivity contribution is 9.10. The molecule has 10 heteroatoms. The minimum atomic E-state index is -4.07. The van der Waals surface area contributed by atoms with Gasteiger partial charge in [-0.05, 0) is 12.1 Å². The Bertz CT molecular complexity index is 715. The summed E-state index contributed by atoms with van der Waals surface area (Å²) in [5.74, 6) is 0. The lowest BCUT2D eigenvalue weighted by molar-refractivity contribution is -0.387. The van der Waals surface area contributed by atoms with Gasteiger partial charge in [0.15, 0.2) is 11.0 Å². The second-order valence-corrected chi connectivity index (χ2v) is 7.04. The third-order valence-corrected chi connectivity index (χ3v) is 5.30. The van der Waals surface area contributed by atoms with Gasteiger partial charge in [0, 0.05) is 17.1 Å². The summed E-state index contributed by atoms with van der Waals surface area (Å²) < 4.78 is 31.6. The molecule has 1 aliphatic rings. The van der Waals surface area contributed by atoms with E-state index >= 15 is 0 Å². The molecule has 0 spiro atoms. The highest BCUT2D eigenvalue weighted by atomic mass is 79.9. The van der Waals surface area contributed by atoms with E-state index in [0.29, 0.717) is 4.47 Å². The van der Waals surface area contributed by atoms with Crippen LogP contribution in [0.1, 0.15) is 0 Å². The lowest BCUT2D eigenvalue weighted by Gasteiger charge is -2.28. The lowest BCUT2D eigenvalue weighted by Crippen LogP contribution is -2.45. The van der Waals surface area contributed by atoms with E-state index in [-0.39, 0.29) is 19.7 Å². The molecule has 0 aromatic heterocycles. The topological polar surface area (TPSA) is 114 Å². The van der Waals surface area contributed by atoms with Crippen LogP contribution in [-0.2, 0) is 14.8 Å². The van der Waals surface area contributed by atoms with Crippen molar-refractivity contribution < 1.29 is 18.1 Å². The Kier molecular flexibility index (Phi) is 4.58. The van der Waals surface area contributed by atoms with Crippen molar-refractivity contribution in [3.8, 4) is 6.07 Å². The van der Waals surface area contributed by atoms with Crippen LogP contribution in [0.3, 0.4) is 0 Å². The molecule has 1 saturated heterocycles. The molecule has 1 aromatic rings. The van der Waals surface area contributed by atoms with Gasteiger partial charge < -0.3 is 4.74 Å². The fourth-order valence-electron chi connectivity index (χ4n) is 1.91. The molecule has 1 heterocycles. The van der Waals surface area contributed by atoms with Gasteiger partial charge in [-0.1, -0.05) is 15.9 Å². The number of hydrogen-bond acceptors (Lipinski definition) is 6. The average molecular weight is 376 g/mol. The molecule has 0 radical (unpaired) electrons. The van der Waals surface area contributed by atoms with E-state index in [2.05, 4.69) is 15.9 Å². The minimum Gasteiger partial charge on any atom is -0.361 e. The van der Waals surface area contributed by atoms with Gasteiger partial charge in [0.2, 0.25) is 10.0 Å². The van der Waals surface area contributed by atoms with Crippen molar-refractivity contribution in [2.24, 2.45) is 0 Å². The second-order valence-electron chi connectivity index (χ2n) is 4.22. The van der Waals surface area contributed by atoms with Crippen LogP contribution in [0.4, 0.5) is 5.69 Å². The molecule has 1 aromatic carbocycles. The number of nitriles is 1. The molecule has 21 heavy (non-hydrogen) atoms. The van der Waals surface area contributed by atoms with E-state index in [1.807, 2.05) is 6.07 Å². The first-order chi connectivity index (χ1) is 9.86. The monoisotopic (exact) mass is 375 g/mol. The number of morpholine rings is 1. The predicted molar refractivity (Wildman–Crippen MR) is 74.9 cm³/mol. The van der Waals surface area contributed by atoms with E-state index < -0.39 is 31.6 Å². The quantitative estimate of drug-likeness (QED) is 0.580. The van der Waals surface area contributed by atoms with Gasteiger partial charge in [-0.2, -0.15) is 9.57 Å². The summed E-state index contributed by atoms with van der Waals surface area (Å²) in [6.45, 7) is -0.0358. The first kappa shape index (κ1) is 15.8. The smallest absolute Gasteiger partial charge is 0.289 e. The zero-order valence-electron chi connectivity index (χ0n) is 10.6. The largest absolute Gasteiger partial charge is 0.361 e. The summed E-state index contributed by atoms with van der Waals surface area (Å²) in [7, 11) is -4.07. The van der Waals surface area contributed by atoms with Gasteiger partial charge in [0.1, 0.15) is 0 Å². The van der Waals surface area contributed by atoms with E-state index in [4.69, 9.17) is 10.00 Å². The Morgan fingerprint density at radius 2 is 2.24 bits per heavy atom. The van der Waals surface area contributed by atoms with Crippen molar-refractivity contribution in [3.05, 3.63) is 32.8 Å². The van der Waals surface area contributed by atoms with Crippen molar-refractivity contribution in [2.75, 3.05) is 19.7 Å². The Balaban J connectivity index is 2.47. The normalized spacial score (nSPS) is 19.9. The molecule has 0 saturated carbocycles. The fourth-order valence-corrected chi connectivity index (χ4v) is 4.03. The van der Waals surface area contributed by atoms with Gasteiger partial charge in [0.25, 0.3) is 5.69 Å². The van der Waals surface area contributed by atoms with Crippen molar-refractivity contribution in [3.63, 3.8) is 0 Å². The van der Waals surface area contributed by atoms with E-state index in [1.54, 1.807) is 0 Å². The standard InChI is InChI=1S/C11H10BrN3O5S/c12-8-1-2-10(15(16)17)11(5-8)21(18,19)14-3-4-20-9(6-13)7-14/h1-2,5,9H,3-4,7H2. The Labute approximate surface area is 129 Å². The first-order valence-corrected chi connectivity index (χ1v) is 8.05. The van der Waals surface area contributed by atoms with Crippen LogP contribution < -0.4 is 0 Å². The molecule has 112 valence electrons. The SMILES string of the molecule is N#CC1CN(S(=O)(=O)c2cc(Br)ccc2[N+](=O)[O-])CCO1. The van der Waals surface area contributed by atoms with E-state index in [1.165, 1.54) is 12.1 Å². The van der Waals surface area contributed by atoms with E-state index in [9.17, 15) is 18.5 Å². The Morgan fingerprint density at radius 3 is 2.86 bits per heavy atom. The maximum absolute atomic E-state index is 12.6. The summed E-state index contributed by atoms with van der Waals surface area (Å²) in [5.41, 5.74) is -0.502. The molecule has 0 amide bonds.